The summed E-state index contributed by atoms with van der Waals surface area (Å²) in [5.41, 5.74) is 1.26. The van der Waals surface area contributed by atoms with E-state index in [1.807, 2.05) is 6.07 Å². The molecule has 0 spiro atoms. The highest BCUT2D eigenvalue weighted by Gasteiger charge is 2.15. The van der Waals surface area contributed by atoms with Crippen LogP contribution in [0, 0.1) is 17.8 Å². The Labute approximate surface area is 120 Å². The SMILES string of the molecule is CC(COCc1ccccc1)CC(CBr)C(C)C. The predicted molar refractivity (Wildman–Crippen MR) is 82.0 cm³/mol. The molecule has 0 amide bonds. The van der Waals surface area contributed by atoms with Crippen molar-refractivity contribution < 1.29 is 4.74 Å². The van der Waals surface area contributed by atoms with E-state index < -0.39 is 0 Å². The lowest BCUT2D eigenvalue weighted by atomic mass is 9.89. The third-order valence-corrected chi connectivity index (χ3v) is 4.19. The van der Waals surface area contributed by atoms with Crippen LogP contribution in [-0.2, 0) is 11.3 Å². The first kappa shape index (κ1) is 15.7. The molecule has 0 saturated heterocycles. The van der Waals surface area contributed by atoms with Gasteiger partial charge in [-0.15, -0.1) is 0 Å². The molecule has 1 rings (SSSR count). The highest BCUT2D eigenvalue weighted by Crippen LogP contribution is 2.22. The molecular weight excluding hydrogens is 288 g/mol. The molecule has 2 unspecified atom stereocenters. The van der Waals surface area contributed by atoms with Crippen molar-refractivity contribution in [3.05, 3.63) is 35.9 Å². The zero-order valence-electron chi connectivity index (χ0n) is 11.7. The second-order valence-electron chi connectivity index (χ2n) is 5.50. The number of hydrogen-bond donors (Lipinski definition) is 0. The Hall–Kier alpha value is -0.340. The molecule has 0 saturated carbocycles. The van der Waals surface area contributed by atoms with E-state index in [0.29, 0.717) is 5.92 Å². The molecule has 0 radical (unpaired) electrons. The minimum atomic E-state index is 0.624. The van der Waals surface area contributed by atoms with Crippen molar-refractivity contribution in [2.24, 2.45) is 17.8 Å². The van der Waals surface area contributed by atoms with Crippen molar-refractivity contribution >= 4 is 15.9 Å². The van der Waals surface area contributed by atoms with Gasteiger partial charge >= 0.3 is 0 Å². The Morgan fingerprint density at radius 2 is 1.78 bits per heavy atom. The van der Waals surface area contributed by atoms with Gasteiger partial charge in [-0.05, 0) is 29.7 Å². The van der Waals surface area contributed by atoms with Gasteiger partial charge in [0.05, 0.1) is 6.61 Å². The number of rotatable bonds is 8. The minimum absolute atomic E-state index is 0.624. The largest absolute Gasteiger partial charge is 0.376 e. The topological polar surface area (TPSA) is 9.23 Å². The Morgan fingerprint density at radius 3 is 2.33 bits per heavy atom. The number of alkyl halides is 1. The molecule has 0 aromatic heterocycles. The Bertz CT molecular complexity index is 310. The molecule has 0 aliphatic rings. The summed E-state index contributed by atoms with van der Waals surface area (Å²) < 4.78 is 5.79. The maximum Gasteiger partial charge on any atom is 0.0717 e. The van der Waals surface area contributed by atoms with Gasteiger partial charge in [0.15, 0.2) is 0 Å². The number of halogens is 1. The molecule has 0 N–H and O–H groups in total. The van der Waals surface area contributed by atoms with Crippen LogP contribution in [0.1, 0.15) is 32.8 Å². The fraction of sp³-hybridized carbons (Fsp3) is 0.625. The number of benzene rings is 1. The summed E-state index contributed by atoms with van der Waals surface area (Å²) in [7, 11) is 0. The van der Waals surface area contributed by atoms with E-state index in [1.165, 1.54) is 12.0 Å². The van der Waals surface area contributed by atoms with Crippen molar-refractivity contribution in [1.82, 2.24) is 0 Å². The summed E-state index contributed by atoms with van der Waals surface area (Å²) in [5, 5.41) is 1.09. The summed E-state index contributed by atoms with van der Waals surface area (Å²) in [6, 6.07) is 10.4. The van der Waals surface area contributed by atoms with Crippen molar-refractivity contribution in [3.8, 4) is 0 Å². The van der Waals surface area contributed by atoms with Crippen LogP contribution in [0.2, 0.25) is 0 Å². The first-order valence-electron chi connectivity index (χ1n) is 6.81. The molecule has 1 nitrogen and oxygen atoms in total. The monoisotopic (exact) mass is 312 g/mol. The van der Waals surface area contributed by atoms with Crippen molar-refractivity contribution in [3.63, 3.8) is 0 Å². The fourth-order valence-electron chi connectivity index (χ4n) is 2.05. The average molecular weight is 313 g/mol. The Kier molecular flexibility index (Phi) is 7.60. The first-order chi connectivity index (χ1) is 8.63. The number of ether oxygens (including phenoxy) is 1. The van der Waals surface area contributed by atoms with Gasteiger partial charge in [-0.1, -0.05) is 67.0 Å². The zero-order valence-corrected chi connectivity index (χ0v) is 13.3. The van der Waals surface area contributed by atoms with E-state index in [4.69, 9.17) is 4.74 Å². The van der Waals surface area contributed by atoms with Gasteiger partial charge < -0.3 is 4.74 Å². The molecular formula is C16H25BrO. The van der Waals surface area contributed by atoms with Crippen LogP contribution in [0.15, 0.2) is 30.3 Å². The van der Waals surface area contributed by atoms with Gasteiger partial charge in [-0.2, -0.15) is 0 Å². The van der Waals surface area contributed by atoms with Crippen molar-refractivity contribution in [1.29, 1.82) is 0 Å². The van der Waals surface area contributed by atoms with Crippen LogP contribution in [0.25, 0.3) is 0 Å². The molecule has 0 heterocycles. The molecule has 102 valence electrons. The summed E-state index contributed by atoms with van der Waals surface area (Å²) in [5.74, 6) is 2.11. The van der Waals surface area contributed by atoms with Crippen LogP contribution >= 0.6 is 15.9 Å². The molecule has 18 heavy (non-hydrogen) atoms. The molecule has 2 heteroatoms. The maximum atomic E-state index is 5.79. The molecule has 1 aromatic carbocycles. The van der Waals surface area contributed by atoms with Crippen LogP contribution in [0.3, 0.4) is 0 Å². The first-order valence-corrected chi connectivity index (χ1v) is 7.93. The van der Waals surface area contributed by atoms with E-state index in [1.54, 1.807) is 0 Å². The van der Waals surface area contributed by atoms with Gasteiger partial charge in [0.2, 0.25) is 0 Å². The van der Waals surface area contributed by atoms with E-state index in [-0.39, 0.29) is 0 Å². The minimum Gasteiger partial charge on any atom is -0.376 e. The molecule has 2 atom stereocenters. The average Bonchev–Trinajstić information content (AvgIpc) is 2.37. The van der Waals surface area contributed by atoms with Gasteiger partial charge in [0.25, 0.3) is 0 Å². The highest BCUT2D eigenvalue weighted by molar-refractivity contribution is 9.09. The third kappa shape index (κ3) is 6.01. The van der Waals surface area contributed by atoms with E-state index in [9.17, 15) is 0 Å². The van der Waals surface area contributed by atoms with Crippen LogP contribution in [-0.4, -0.2) is 11.9 Å². The Morgan fingerprint density at radius 1 is 1.11 bits per heavy atom. The second kappa shape index (κ2) is 8.71. The summed E-state index contributed by atoms with van der Waals surface area (Å²) in [4.78, 5) is 0. The van der Waals surface area contributed by atoms with Crippen LogP contribution < -0.4 is 0 Å². The smallest absolute Gasteiger partial charge is 0.0717 e. The molecule has 0 aliphatic heterocycles. The summed E-state index contributed by atoms with van der Waals surface area (Å²) >= 11 is 3.61. The molecule has 0 aliphatic carbocycles. The van der Waals surface area contributed by atoms with Crippen LogP contribution in [0.4, 0.5) is 0 Å². The predicted octanol–water partition coefficient (Wildman–Crippen LogP) is 4.90. The van der Waals surface area contributed by atoms with Gasteiger partial charge in [0, 0.05) is 11.9 Å². The lowest BCUT2D eigenvalue weighted by molar-refractivity contribution is 0.0825. The molecule has 0 bridgehead atoms. The normalized spacial score (nSPS) is 14.7. The third-order valence-electron chi connectivity index (χ3n) is 3.36. The van der Waals surface area contributed by atoms with Crippen LogP contribution in [0.5, 0.6) is 0 Å². The maximum absolute atomic E-state index is 5.79. The van der Waals surface area contributed by atoms with Gasteiger partial charge in [-0.3, -0.25) is 0 Å². The second-order valence-corrected chi connectivity index (χ2v) is 6.15. The van der Waals surface area contributed by atoms with E-state index in [0.717, 1.165) is 30.4 Å². The lowest BCUT2D eigenvalue weighted by Crippen LogP contribution is -2.17. The lowest BCUT2D eigenvalue weighted by Gasteiger charge is -2.22. The van der Waals surface area contributed by atoms with E-state index in [2.05, 4.69) is 61.0 Å². The fourth-order valence-corrected chi connectivity index (χ4v) is 3.06. The molecule has 1 aromatic rings. The summed E-state index contributed by atoms with van der Waals surface area (Å²) in [6.07, 6.45) is 1.23. The van der Waals surface area contributed by atoms with Crippen molar-refractivity contribution in [2.45, 2.75) is 33.8 Å². The molecule has 0 fully saturated rings. The zero-order chi connectivity index (χ0) is 13.4. The van der Waals surface area contributed by atoms with E-state index >= 15 is 0 Å². The Balaban J connectivity index is 2.23. The number of hydrogen-bond acceptors (Lipinski definition) is 1. The quantitative estimate of drug-likeness (QED) is 0.621. The standard InChI is InChI=1S/C16H25BrO/c1-13(2)16(10-17)9-14(3)11-18-12-15-7-5-4-6-8-15/h4-8,13-14,16H,9-12H2,1-3H3. The highest BCUT2D eigenvalue weighted by atomic mass is 79.9. The van der Waals surface area contributed by atoms with Gasteiger partial charge in [-0.25, -0.2) is 0 Å². The van der Waals surface area contributed by atoms with Gasteiger partial charge in [0.1, 0.15) is 0 Å². The van der Waals surface area contributed by atoms with Crippen molar-refractivity contribution in [2.75, 3.05) is 11.9 Å². The summed E-state index contributed by atoms with van der Waals surface area (Å²) in [6.45, 7) is 8.45.